The van der Waals surface area contributed by atoms with Crippen molar-refractivity contribution >= 4 is 10.0 Å². The molecule has 114 valence electrons. The van der Waals surface area contributed by atoms with E-state index in [0.29, 0.717) is 19.6 Å². The van der Waals surface area contributed by atoms with Gasteiger partial charge in [0, 0.05) is 19.3 Å². The number of benzene rings is 1. The number of hydrogen-bond donors (Lipinski definition) is 2. The summed E-state index contributed by atoms with van der Waals surface area (Å²) in [4.78, 5) is 0.177. The van der Waals surface area contributed by atoms with Gasteiger partial charge in [-0.3, -0.25) is 4.68 Å². The van der Waals surface area contributed by atoms with Crippen LogP contribution < -0.4 is 10.5 Å². The Morgan fingerprint density at radius 3 is 2.71 bits per heavy atom. The van der Waals surface area contributed by atoms with E-state index in [1.165, 1.54) is 22.6 Å². The second kappa shape index (κ2) is 7.35. The van der Waals surface area contributed by atoms with Crippen LogP contribution in [0.5, 0.6) is 0 Å². The average molecular weight is 308 g/mol. The molecule has 0 unspecified atom stereocenters. The monoisotopic (exact) mass is 308 g/mol. The number of nitrogens with two attached hydrogens (primary N) is 1. The molecule has 0 aliphatic carbocycles. The first-order valence-corrected chi connectivity index (χ1v) is 8.36. The molecule has 1 heterocycles. The van der Waals surface area contributed by atoms with Crippen molar-refractivity contribution in [1.29, 1.82) is 0 Å². The van der Waals surface area contributed by atoms with E-state index in [-0.39, 0.29) is 4.90 Å². The molecule has 7 heteroatoms. The summed E-state index contributed by atoms with van der Waals surface area (Å²) < 4.78 is 28.2. The zero-order chi connectivity index (χ0) is 15.1. The maximum absolute atomic E-state index is 12.1. The zero-order valence-electron chi connectivity index (χ0n) is 11.8. The fourth-order valence-electron chi connectivity index (χ4n) is 1.96. The lowest BCUT2D eigenvalue weighted by Gasteiger charge is -2.05. The normalized spacial score (nSPS) is 11.7. The van der Waals surface area contributed by atoms with E-state index in [2.05, 4.69) is 9.82 Å². The molecule has 2 aromatic rings. The molecule has 21 heavy (non-hydrogen) atoms. The summed E-state index contributed by atoms with van der Waals surface area (Å²) in [6.07, 6.45) is 4.43. The Kier molecular flexibility index (Phi) is 5.49. The Labute approximate surface area is 125 Å². The number of rotatable bonds is 8. The van der Waals surface area contributed by atoms with Crippen LogP contribution in [0, 0.1) is 0 Å². The first-order valence-electron chi connectivity index (χ1n) is 6.88. The molecule has 0 aliphatic rings. The fraction of sp³-hybridized carbons (Fsp3) is 0.357. The molecule has 1 aromatic heterocycles. The minimum Gasteiger partial charge on any atom is -0.329 e. The molecule has 0 fully saturated rings. The van der Waals surface area contributed by atoms with Gasteiger partial charge in [0.2, 0.25) is 10.0 Å². The van der Waals surface area contributed by atoms with E-state index in [1.54, 1.807) is 0 Å². The first kappa shape index (κ1) is 15.7. The Hall–Kier alpha value is -1.70. The summed E-state index contributed by atoms with van der Waals surface area (Å²) >= 11 is 0. The van der Waals surface area contributed by atoms with Gasteiger partial charge >= 0.3 is 0 Å². The van der Waals surface area contributed by atoms with Crippen molar-refractivity contribution in [3.8, 4) is 0 Å². The summed E-state index contributed by atoms with van der Waals surface area (Å²) in [5.74, 6) is 0. The fourth-order valence-corrected chi connectivity index (χ4v) is 2.99. The molecule has 0 spiro atoms. The third kappa shape index (κ3) is 4.66. The largest absolute Gasteiger partial charge is 0.329 e. The van der Waals surface area contributed by atoms with E-state index < -0.39 is 10.0 Å². The summed E-state index contributed by atoms with van der Waals surface area (Å²) in [5.41, 5.74) is 6.61. The standard InChI is InChI=1S/C14H20N4O2S/c15-8-10-18-12-14(11-16-18)21(19,20)17-9-4-7-13-5-2-1-3-6-13/h1-3,5-6,11-12,17H,4,7-10,15H2. The number of hydrogen-bond acceptors (Lipinski definition) is 4. The van der Waals surface area contributed by atoms with Crippen LogP contribution in [0.25, 0.3) is 0 Å². The minimum absolute atomic E-state index is 0.177. The van der Waals surface area contributed by atoms with Gasteiger partial charge in [0.1, 0.15) is 4.90 Å². The summed E-state index contributed by atoms with van der Waals surface area (Å²) in [5, 5.41) is 3.97. The predicted molar refractivity (Wildman–Crippen MR) is 81.2 cm³/mol. The van der Waals surface area contributed by atoms with Gasteiger partial charge in [0.15, 0.2) is 0 Å². The second-order valence-corrected chi connectivity index (χ2v) is 6.48. The van der Waals surface area contributed by atoms with E-state index in [4.69, 9.17) is 5.73 Å². The number of aromatic nitrogens is 2. The van der Waals surface area contributed by atoms with Gasteiger partial charge in [-0.25, -0.2) is 13.1 Å². The van der Waals surface area contributed by atoms with Gasteiger partial charge in [0.05, 0.1) is 12.7 Å². The summed E-state index contributed by atoms with van der Waals surface area (Å²) in [6, 6.07) is 9.98. The quantitative estimate of drug-likeness (QED) is 0.704. The van der Waals surface area contributed by atoms with Crippen molar-refractivity contribution in [2.45, 2.75) is 24.3 Å². The van der Waals surface area contributed by atoms with Gasteiger partial charge in [0.25, 0.3) is 0 Å². The highest BCUT2D eigenvalue weighted by Gasteiger charge is 2.15. The second-order valence-electron chi connectivity index (χ2n) is 4.71. The topological polar surface area (TPSA) is 90.0 Å². The van der Waals surface area contributed by atoms with Crippen LogP contribution in [-0.2, 0) is 23.0 Å². The third-order valence-corrected chi connectivity index (χ3v) is 4.47. The smallest absolute Gasteiger partial charge is 0.243 e. The van der Waals surface area contributed by atoms with E-state index >= 15 is 0 Å². The van der Waals surface area contributed by atoms with Crippen LogP contribution in [0.15, 0.2) is 47.6 Å². The summed E-state index contributed by atoms with van der Waals surface area (Å²) in [6.45, 7) is 1.33. The molecule has 0 amide bonds. The van der Waals surface area contributed by atoms with Gasteiger partial charge in [-0.15, -0.1) is 0 Å². The zero-order valence-corrected chi connectivity index (χ0v) is 12.6. The van der Waals surface area contributed by atoms with E-state index in [0.717, 1.165) is 12.8 Å². The number of nitrogens with one attached hydrogen (secondary N) is 1. The minimum atomic E-state index is -3.49. The lowest BCUT2D eigenvalue weighted by molar-refractivity contribution is 0.578. The van der Waals surface area contributed by atoms with Crippen LogP contribution in [0.1, 0.15) is 12.0 Å². The maximum atomic E-state index is 12.1. The molecule has 0 atom stereocenters. The van der Waals surface area contributed by atoms with Crippen molar-refractivity contribution in [3.63, 3.8) is 0 Å². The predicted octanol–water partition coefficient (Wildman–Crippen LogP) is 0.753. The SMILES string of the molecule is NCCn1cc(S(=O)(=O)NCCCc2ccccc2)cn1. The van der Waals surface area contributed by atoms with Crippen molar-refractivity contribution in [2.75, 3.05) is 13.1 Å². The summed E-state index contributed by atoms with van der Waals surface area (Å²) in [7, 11) is -3.49. The number of nitrogens with zero attached hydrogens (tertiary/aromatic N) is 2. The van der Waals surface area contributed by atoms with Crippen molar-refractivity contribution < 1.29 is 8.42 Å². The third-order valence-electron chi connectivity index (χ3n) is 3.06. The van der Waals surface area contributed by atoms with Crippen molar-refractivity contribution in [1.82, 2.24) is 14.5 Å². The van der Waals surface area contributed by atoms with Crippen LogP contribution in [0.2, 0.25) is 0 Å². The molecule has 3 N–H and O–H groups in total. The lowest BCUT2D eigenvalue weighted by Crippen LogP contribution is -2.24. The average Bonchev–Trinajstić information content (AvgIpc) is 2.95. The highest BCUT2D eigenvalue weighted by molar-refractivity contribution is 7.89. The Bertz CT molecular complexity index is 653. The van der Waals surface area contributed by atoms with Gasteiger partial charge in [-0.2, -0.15) is 5.10 Å². The Morgan fingerprint density at radius 1 is 1.24 bits per heavy atom. The molecular weight excluding hydrogens is 288 g/mol. The number of aryl methyl sites for hydroxylation is 1. The molecule has 2 rings (SSSR count). The van der Waals surface area contributed by atoms with Crippen LogP contribution in [0.4, 0.5) is 0 Å². The molecule has 0 bridgehead atoms. The van der Waals surface area contributed by atoms with Crippen molar-refractivity contribution in [2.24, 2.45) is 5.73 Å². The molecule has 0 aliphatic heterocycles. The molecule has 0 saturated heterocycles. The van der Waals surface area contributed by atoms with Gasteiger partial charge in [-0.1, -0.05) is 30.3 Å². The maximum Gasteiger partial charge on any atom is 0.243 e. The molecular formula is C14H20N4O2S. The number of sulfonamides is 1. The Balaban J connectivity index is 1.83. The molecule has 0 saturated carbocycles. The lowest BCUT2D eigenvalue weighted by atomic mass is 10.1. The van der Waals surface area contributed by atoms with Gasteiger partial charge < -0.3 is 5.73 Å². The van der Waals surface area contributed by atoms with Crippen molar-refractivity contribution in [3.05, 3.63) is 48.3 Å². The highest BCUT2D eigenvalue weighted by Crippen LogP contribution is 2.07. The molecule has 6 nitrogen and oxygen atoms in total. The van der Waals surface area contributed by atoms with Crippen LogP contribution in [0.3, 0.4) is 0 Å². The van der Waals surface area contributed by atoms with Crippen LogP contribution in [-0.4, -0.2) is 31.3 Å². The van der Waals surface area contributed by atoms with E-state index in [1.807, 2.05) is 30.3 Å². The van der Waals surface area contributed by atoms with E-state index in [9.17, 15) is 8.42 Å². The highest BCUT2D eigenvalue weighted by atomic mass is 32.2. The molecule has 0 radical (unpaired) electrons. The Morgan fingerprint density at radius 2 is 2.00 bits per heavy atom. The first-order chi connectivity index (χ1) is 10.1. The van der Waals surface area contributed by atoms with Gasteiger partial charge in [-0.05, 0) is 18.4 Å². The van der Waals surface area contributed by atoms with Crippen LogP contribution >= 0.6 is 0 Å². The molecule has 1 aromatic carbocycles.